The van der Waals surface area contributed by atoms with Crippen molar-refractivity contribution >= 4 is 34.2 Å². The number of carbonyl (C=O) groups excluding carboxylic acids is 1. The monoisotopic (exact) mass is 392 g/mol. The van der Waals surface area contributed by atoms with Gasteiger partial charge in [0.2, 0.25) is 0 Å². The Labute approximate surface area is 170 Å². The van der Waals surface area contributed by atoms with Crippen molar-refractivity contribution in [2.75, 3.05) is 42.5 Å². The Morgan fingerprint density at radius 2 is 1.71 bits per heavy atom. The number of amidine groups is 1. The largest absolute Gasteiger partial charge is 0.369 e. The Bertz CT molecular complexity index is 923. The van der Waals surface area contributed by atoms with Crippen LogP contribution in [-0.2, 0) is 4.79 Å². The number of benzene rings is 2. The van der Waals surface area contributed by atoms with E-state index in [-0.39, 0.29) is 5.91 Å². The van der Waals surface area contributed by atoms with E-state index >= 15 is 0 Å². The molecule has 3 aliphatic rings. The van der Waals surface area contributed by atoms with Crippen molar-refractivity contribution in [3.05, 3.63) is 54.6 Å². The molecule has 1 atom stereocenters. The minimum Gasteiger partial charge on any atom is -0.369 e. The van der Waals surface area contributed by atoms with Crippen LogP contribution in [0.2, 0.25) is 0 Å². The van der Waals surface area contributed by atoms with E-state index in [9.17, 15) is 4.79 Å². The van der Waals surface area contributed by atoms with Gasteiger partial charge in [-0.05, 0) is 49.4 Å². The smallest absolute Gasteiger partial charge is 0.274 e. The number of carbonyl (C=O) groups is 1. The molecule has 1 amide bonds. The normalized spacial score (nSPS) is 24.3. The van der Waals surface area contributed by atoms with Gasteiger partial charge in [-0.2, -0.15) is 4.99 Å². The molecule has 5 rings (SSSR count). The molecule has 28 heavy (non-hydrogen) atoms. The molecule has 1 fully saturated rings. The van der Waals surface area contributed by atoms with Crippen LogP contribution in [0.25, 0.3) is 0 Å². The summed E-state index contributed by atoms with van der Waals surface area (Å²) in [6, 6.07) is 18.9. The van der Waals surface area contributed by atoms with E-state index in [1.54, 1.807) is 11.8 Å². The lowest BCUT2D eigenvalue weighted by Gasteiger charge is -2.38. The molecular weight excluding hydrogens is 368 g/mol. The standard InChI is InChI=1S/C22H24N4OS/c1-22(20(27)23-21-26(22)18-9-5-6-10-19(18)28-21)11-12-24-13-15-25(16-14-24)17-7-3-2-4-8-17/h2-10H,11-16H2,1H3. The first-order chi connectivity index (χ1) is 13.6. The third-order valence-corrected chi connectivity index (χ3v) is 7.08. The van der Waals surface area contributed by atoms with Crippen molar-refractivity contribution in [1.82, 2.24) is 4.90 Å². The van der Waals surface area contributed by atoms with Gasteiger partial charge in [-0.1, -0.05) is 30.3 Å². The number of amides is 1. The average Bonchev–Trinajstić information content (AvgIpc) is 3.22. The highest BCUT2D eigenvalue weighted by molar-refractivity contribution is 8.14. The molecule has 0 aliphatic carbocycles. The van der Waals surface area contributed by atoms with Gasteiger partial charge in [0.1, 0.15) is 5.54 Å². The van der Waals surface area contributed by atoms with Gasteiger partial charge in [-0.3, -0.25) is 9.69 Å². The number of nitrogens with zero attached hydrogens (tertiary/aromatic N) is 4. The van der Waals surface area contributed by atoms with Crippen molar-refractivity contribution < 1.29 is 4.79 Å². The summed E-state index contributed by atoms with van der Waals surface area (Å²) in [5.74, 6) is -0.00701. The summed E-state index contributed by atoms with van der Waals surface area (Å²) in [4.78, 5) is 25.4. The Morgan fingerprint density at radius 3 is 2.50 bits per heavy atom. The molecule has 144 valence electrons. The lowest BCUT2D eigenvalue weighted by molar-refractivity contribution is -0.121. The Hall–Kier alpha value is -2.31. The summed E-state index contributed by atoms with van der Waals surface area (Å²) in [5, 5.41) is 0.836. The second-order valence-electron chi connectivity index (χ2n) is 7.79. The summed E-state index contributed by atoms with van der Waals surface area (Å²) in [6.07, 6.45) is 0.791. The molecule has 2 aromatic rings. The van der Waals surface area contributed by atoms with Gasteiger partial charge in [0.15, 0.2) is 5.17 Å². The van der Waals surface area contributed by atoms with Gasteiger partial charge in [0.05, 0.1) is 5.69 Å². The summed E-state index contributed by atoms with van der Waals surface area (Å²) in [7, 11) is 0. The van der Waals surface area contributed by atoms with E-state index in [0.717, 1.165) is 50.0 Å². The maximum atomic E-state index is 12.8. The fourth-order valence-corrected chi connectivity index (χ4v) is 5.42. The van der Waals surface area contributed by atoms with Crippen molar-refractivity contribution in [2.45, 2.75) is 23.8 Å². The van der Waals surface area contributed by atoms with E-state index in [4.69, 9.17) is 0 Å². The second-order valence-corrected chi connectivity index (χ2v) is 8.80. The number of fused-ring (bicyclic) bond motifs is 3. The topological polar surface area (TPSA) is 39.1 Å². The molecule has 0 saturated carbocycles. The third-order valence-electron chi connectivity index (χ3n) is 6.06. The predicted octanol–water partition coefficient (Wildman–Crippen LogP) is 3.47. The van der Waals surface area contributed by atoms with Crippen LogP contribution in [-0.4, -0.2) is 54.2 Å². The Kier molecular flexibility index (Phi) is 4.40. The van der Waals surface area contributed by atoms with E-state index < -0.39 is 5.54 Å². The van der Waals surface area contributed by atoms with Crippen LogP contribution in [0.5, 0.6) is 0 Å². The number of rotatable bonds is 4. The first-order valence-corrected chi connectivity index (χ1v) is 10.7. The van der Waals surface area contributed by atoms with Gasteiger partial charge in [0, 0.05) is 43.3 Å². The van der Waals surface area contributed by atoms with Crippen LogP contribution >= 0.6 is 11.8 Å². The van der Waals surface area contributed by atoms with Gasteiger partial charge in [-0.25, -0.2) is 0 Å². The molecule has 0 aromatic heterocycles. The Morgan fingerprint density at radius 1 is 1.00 bits per heavy atom. The maximum Gasteiger partial charge on any atom is 0.274 e. The molecule has 5 nitrogen and oxygen atoms in total. The van der Waals surface area contributed by atoms with Crippen molar-refractivity contribution in [1.29, 1.82) is 0 Å². The molecule has 3 heterocycles. The quantitative estimate of drug-likeness (QED) is 0.797. The summed E-state index contributed by atoms with van der Waals surface area (Å²) < 4.78 is 0. The van der Waals surface area contributed by atoms with E-state index in [2.05, 4.69) is 69.1 Å². The number of thioether (sulfide) groups is 1. The highest BCUT2D eigenvalue weighted by Crippen LogP contribution is 2.48. The number of aliphatic imine (C=N–C) groups is 1. The average molecular weight is 393 g/mol. The lowest BCUT2D eigenvalue weighted by atomic mass is 9.94. The van der Waals surface area contributed by atoms with E-state index in [0.29, 0.717) is 0 Å². The molecule has 0 bridgehead atoms. The van der Waals surface area contributed by atoms with E-state index in [1.807, 2.05) is 12.1 Å². The maximum absolute atomic E-state index is 12.8. The zero-order valence-corrected chi connectivity index (χ0v) is 16.9. The minimum absolute atomic E-state index is 0.00701. The number of hydrogen-bond donors (Lipinski definition) is 0. The van der Waals surface area contributed by atoms with Crippen LogP contribution in [0, 0.1) is 0 Å². The first-order valence-electron chi connectivity index (χ1n) is 9.88. The lowest BCUT2D eigenvalue weighted by Crippen LogP contribution is -2.52. The van der Waals surface area contributed by atoms with E-state index in [1.165, 1.54) is 10.6 Å². The van der Waals surface area contributed by atoms with Crippen LogP contribution in [0.3, 0.4) is 0 Å². The Balaban J connectivity index is 1.24. The van der Waals surface area contributed by atoms with Crippen LogP contribution < -0.4 is 9.80 Å². The molecule has 0 radical (unpaired) electrons. The zero-order valence-electron chi connectivity index (χ0n) is 16.0. The predicted molar refractivity (Wildman–Crippen MR) is 115 cm³/mol. The molecule has 6 heteroatoms. The highest BCUT2D eigenvalue weighted by Gasteiger charge is 2.50. The summed E-state index contributed by atoms with van der Waals surface area (Å²) in [5.41, 5.74) is 1.84. The highest BCUT2D eigenvalue weighted by atomic mass is 32.2. The van der Waals surface area contributed by atoms with Gasteiger partial charge < -0.3 is 9.80 Å². The summed E-state index contributed by atoms with van der Waals surface area (Å²) in [6.45, 7) is 7.07. The fraction of sp³-hybridized carbons (Fsp3) is 0.364. The van der Waals surface area contributed by atoms with Crippen LogP contribution in [0.1, 0.15) is 13.3 Å². The molecule has 3 aliphatic heterocycles. The number of piperazine rings is 1. The fourth-order valence-electron chi connectivity index (χ4n) is 4.29. The molecule has 2 aromatic carbocycles. The van der Waals surface area contributed by atoms with Crippen LogP contribution in [0.15, 0.2) is 64.5 Å². The molecule has 0 spiro atoms. The third kappa shape index (κ3) is 2.91. The second kappa shape index (κ2) is 6.94. The van der Waals surface area contributed by atoms with Crippen LogP contribution in [0.4, 0.5) is 11.4 Å². The SMILES string of the molecule is CC1(CCN2CCN(c3ccccc3)CC2)C(=O)N=C2Sc3ccccc3N21. The van der Waals surface area contributed by atoms with Crippen molar-refractivity contribution in [3.63, 3.8) is 0 Å². The number of para-hydroxylation sites is 2. The minimum atomic E-state index is -0.578. The first kappa shape index (κ1) is 17.8. The van der Waals surface area contributed by atoms with Gasteiger partial charge in [-0.15, -0.1) is 0 Å². The zero-order chi connectivity index (χ0) is 19.1. The number of anilines is 2. The molecular formula is C22H24N4OS. The van der Waals surface area contributed by atoms with Crippen molar-refractivity contribution in [3.8, 4) is 0 Å². The molecule has 0 N–H and O–H groups in total. The molecule has 1 saturated heterocycles. The van der Waals surface area contributed by atoms with Crippen molar-refractivity contribution in [2.24, 2.45) is 4.99 Å². The number of hydrogen-bond acceptors (Lipinski definition) is 5. The molecule has 1 unspecified atom stereocenters. The summed E-state index contributed by atoms with van der Waals surface area (Å²) >= 11 is 1.61. The van der Waals surface area contributed by atoms with Gasteiger partial charge >= 0.3 is 0 Å². The van der Waals surface area contributed by atoms with Gasteiger partial charge in [0.25, 0.3) is 5.91 Å².